The summed E-state index contributed by atoms with van der Waals surface area (Å²) in [6.07, 6.45) is 2.32. The van der Waals surface area contributed by atoms with Gasteiger partial charge < -0.3 is 15.3 Å². The standard InChI is InChI=1S/C14H18N2O3/c17-9-11-5-7-16(8-6-11)14(19)12-1-3-13(4-2-12)15-10-18/h1-4,10-11,17H,5-9H2,(H,15,18). The Hall–Kier alpha value is -1.88. The van der Waals surface area contributed by atoms with Crippen molar-refractivity contribution in [2.75, 3.05) is 25.0 Å². The Morgan fingerprint density at radius 2 is 1.95 bits per heavy atom. The predicted molar refractivity (Wildman–Crippen MR) is 71.8 cm³/mol. The maximum absolute atomic E-state index is 12.2. The Morgan fingerprint density at radius 3 is 2.47 bits per heavy atom. The molecule has 0 atom stereocenters. The zero-order chi connectivity index (χ0) is 13.7. The first-order valence-electron chi connectivity index (χ1n) is 6.45. The summed E-state index contributed by atoms with van der Waals surface area (Å²) in [7, 11) is 0. The number of hydrogen-bond donors (Lipinski definition) is 2. The van der Waals surface area contributed by atoms with Crippen molar-refractivity contribution < 1.29 is 14.7 Å². The van der Waals surface area contributed by atoms with Crippen LogP contribution in [0.15, 0.2) is 24.3 Å². The summed E-state index contributed by atoms with van der Waals surface area (Å²) in [5.74, 6) is 0.331. The van der Waals surface area contributed by atoms with Gasteiger partial charge >= 0.3 is 0 Å². The number of piperidine rings is 1. The Balaban J connectivity index is 1.97. The van der Waals surface area contributed by atoms with Crippen molar-refractivity contribution in [3.8, 4) is 0 Å². The smallest absolute Gasteiger partial charge is 0.253 e. The molecule has 5 nitrogen and oxygen atoms in total. The summed E-state index contributed by atoms with van der Waals surface area (Å²) in [6, 6.07) is 6.85. The maximum atomic E-state index is 12.2. The quantitative estimate of drug-likeness (QED) is 0.798. The van der Waals surface area contributed by atoms with Gasteiger partial charge in [-0.15, -0.1) is 0 Å². The molecule has 0 aromatic heterocycles. The Bertz CT molecular complexity index is 437. The Kier molecular flexibility index (Phi) is 4.52. The Morgan fingerprint density at radius 1 is 1.32 bits per heavy atom. The van der Waals surface area contributed by atoms with Gasteiger partial charge in [0.15, 0.2) is 0 Å². The van der Waals surface area contributed by atoms with Crippen molar-refractivity contribution in [1.29, 1.82) is 0 Å². The lowest BCUT2D eigenvalue weighted by Gasteiger charge is -2.31. The van der Waals surface area contributed by atoms with E-state index in [1.807, 2.05) is 4.90 Å². The molecule has 2 N–H and O–H groups in total. The van der Waals surface area contributed by atoms with Crippen LogP contribution in [0.2, 0.25) is 0 Å². The fourth-order valence-electron chi connectivity index (χ4n) is 2.28. The molecule has 2 rings (SSSR count). The third-order valence-electron chi connectivity index (χ3n) is 3.52. The minimum absolute atomic E-state index is 0.00837. The van der Waals surface area contributed by atoms with Crippen molar-refractivity contribution in [3.05, 3.63) is 29.8 Å². The third kappa shape index (κ3) is 3.32. The van der Waals surface area contributed by atoms with Gasteiger partial charge in [0, 0.05) is 30.9 Å². The molecule has 0 bridgehead atoms. The van der Waals surface area contributed by atoms with Gasteiger partial charge in [0.25, 0.3) is 5.91 Å². The van der Waals surface area contributed by atoms with Crippen LogP contribution in [0.4, 0.5) is 5.69 Å². The SMILES string of the molecule is O=CNc1ccc(C(=O)N2CCC(CO)CC2)cc1. The largest absolute Gasteiger partial charge is 0.396 e. The van der Waals surface area contributed by atoms with Gasteiger partial charge in [-0.05, 0) is 43.0 Å². The van der Waals surface area contributed by atoms with E-state index in [1.165, 1.54) is 0 Å². The Labute approximate surface area is 112 Å². The van der Waals surface area contributed by atoms with Crippen molar-refractivity contribution >= 4 is 18.0 Å². The number of likely N-dealkylation sites (tertiary alicyclic amines) is 1. The molecule has 0 aliphatic carbocycles. The first kappa shape index (κ1) is 13.5. The maximum Gasteiger partial charge on any atom is 0.253 e. The number of hydrogen-bond acceptors (Lipinski definition) is 3. The van der Waals surface area contributed by atoms with Crippen molar-refractivity contribution in [2.24, 2.45) is 5.92 Å². The normalized spacial score (nSPS) is 16.2. The van der Waals surface area contributed by atoms with E-state index in [4.69, 9.17) is 5.11 Å². The molecule has 19 heavy (non-hydrogen) atoms. The van der Waals surface area contributed by atoms with Crippen LogP contribution in [-0.4, -0.2) is 42.0 Å². The number of aliphatic hydroxyl groups is 1. The van der Waals surface area contributed by atoms with Gasteiger partial charge in [-0.3, -0.25) is 9.59 Å². The van der Waals surface area contributed by atoms with Crippen molar-refractivity contribution in [3.63, 3.8) is 0 Å². The van der Waals surface area contributed by atoms with Crippen LogP contribution in [0.25, 0.3) is 0 Å². The number of nitrogens with one attached hydrogen (secondary N) is 1. The lowest BCUT2D eigenvalue weighted by Crippen LogP contribution is -2.39. The first-order valence-corrected chi connectivity index (χ1v) is 6.45. The van der Waals surface area contributed by atoms with Crippen LogP contribution >= 0.6 is 0 Å². The van der Waals surface area contributed by atoms with E-state index < -0.39 is 0 Å². The molecule has 2 amide bonds. The molecule has 1 heterocycles. The molecule has 1 saturated heterocycles. The van der Waals surface area contributed by atoms with E-state index in [2.05, 4.69) is 5.32 Å². The van der Waals surface area contributed by atoms with E-state index >= 15 is 0 Å². The number of carbonyl (C=O) groups excluding carboxylic acids is 2. The van der Waals surface area contributed by atoms with Gasteiger partial charge in [0.2, 0.25) is 6.41 Å². The van der Waals surface area contributed by atoms with Gasteiger partial charge in [0.1, 0.15) is 0 Å². The molecule has 5 heteroatoms. The monoisotopic (exact) mass is 262 g/mol. The molecule has 102 valence electrons. The average Bonchev–Trinajstić information content (AvgIpc) is 2.48. The van der Waals surface area contributed by atoms with Crippen LogP contribution in [-0.2, 0) is 4.79 Å². The predicted octanol–water partition coefficient (Wildman–Crippen LogP) is 1.10. The number of amides is 2. The minimum atomic E-state index is 0.00837. The fourth-order valence-corrected chi connectivity index (χ4v) is 2.28. The summed E-state index contributed by atoms with van der Waals surface area (Å²) in [5, 5.41) is 11.6. The van der Waals surface area contributed by atoms with Crippen LogP contribution in [0.5, 0.6) is 0 Å². The second-order valence-corrected chi connectivity index (χ2v) is 4.76. The zero-order valence-electron chi connectivity index (χ0n) is 10.7. The zero-order valence-corrected chi connectivity index (χ0v) is 10.7. The highest BCUT2D eigenvalue weighted by molar-refractivity contribution is 5.94. The lowest BCUT2D eigenvalue weighted by atomic mass is 9.97. The molecule has 0 spiro atoms. The highest BCUT2D eigenvalue weighted by Gasteiger charge is 2.22. The van der Waals surface area contributed by atoms with Crippen LogP contribution < -0.4 is 5.32 Å². The second kappa shape index (κ2) is 6.33. The lowest BCUT2D eigenvalue weighted by molar-refractivity contribution is -0.105. The average molecular weight is 262 g/mol. The number of rotatable bonds is 4. The van der Waals surface area contributed by atoms with Crippen molar-refractivity contribution in [2.45, 2.75) is 12.8 Å². The van der Waals surface area contributed by atoms with Crippen LogP contribution in [0.1, 0.15) is 23.2 Å². The molecule has 1 aliphatic rings. The number of benzene rings is 1. The van der Waals surface area contributed by atoms with E-state index in [9.17, 15) is 9.59 Å². The highest BCUT2D eigenvalue weighted by Crippen LogP contribution is 2.19. The summed E-state index contributed by atoms with van der Waals surface area (Å²) in [4.78, 5) is 24.3. The number of carbonyl (C=O) groups is 2. The third-order valence-corrected chi connectivity index (χ3v) is 3.52. The molecule has 1 aromatic rings. The molecule has 1 aliphatic heterocycles. The fraction of sp³-hybridized carbons (Fsp3) is 0.429. The molecule has 1 aromatic carbocycles. The number of anilines is 1. The van der Waals surface area contributed by atoms with Gasteiger partial charge in [0.05, 0.1) is 0 Å². The summed E-state index contributed by atoms with van der Waals surface area (Å²) < 4.78 is 0. The summed E-state index contributed by atoms with van der Waals surface area (Å²) >= 11 is 0. The molecule has 0 saturated carbocycles. The second-order valence-electron chi connectivity index (χ2n) is 4.76. The van der Waals surface area contributed by atoms with E-state index in [-0.39, 0.29) is 12.5 Å². The van der Waals surface area contributed by atoms with E-state index in [0.29, 0.717) is 36.7 Å². The highest BCUT2D eigenvalue weighted by atomic mass is 16.3. The summed E-state index contributed by atoms with van der Waals surface area (Å²) in [5.41, 5.74) is 1.30. The number of aliphatic hydroxyl groups excluding tert-OH is 1. The van der Waals surface area contributed by atoms with Crippen molar-refractivity contribution in [1.82, 2.24) is 4.90 Å². The molecule has 1 fully saturated rings. The van der Waals surface area contributed by atoms with Gasteiger partial charge in [-0.25, -0.2) is 0 Å². The van der Waals surface area contributed by atoms with Crippen LogP contribution in [0.3, 0.4) is 0 Å². The first-order chi connectivity index (χ1) is 9.24. The van der Waals surface area contributed by atoms with Crippen LogP contribution in [0, 0.1) is 5.92 Å². The molecular formula is C14H18N2O3. The molecular weight excluding hydrogens is 244 g/mol. The number of nitrogens with zero attached hydrogens (tertiary/aromatic N) is 1. The summed E-state index contributed by atoms with van der Waals surface area (Å²) in [6.45, 7) is 1.59. The topological polar surface area (TPSA) is 69.6 Å². The van der Waals surface area contributed by atoms with E-state index in [0.717, 1.165) is 12.8 Å². The van der Waals surface area contributed by atoms with Gasteiger partial charge in [-0.1, -0.05) is 0 Å². The van der Waals surface area contributed by atoms with E-state index in [1.54, 1.807) is 24.3 Å². The molecule has 0 radical (unpaired) electrons. The molecule has 0 unspecified atom stereocenters. The minimum Gasteiger partial charge on any atom is -0.396 e. The van der Waals surface area contributed by atoms with Gasteiger partial charge in [-0.2, -0.15) is 0 Å².